The number of carbonyl (C=O) groups is 3. The minimum absolute atomic E-state index is 0.0968. The SMILES string of the molecule is CCCCCCCCC=CCCCCCCCC(=O)OCCN(CCOC(=O)CCCCCCCC=CCCCCCCCC)C(=O)OCCCN(C)C. The van der Waals surface area contributed by atoms with E-state index in [1.165, 1.54) is 120 Å². The Morgan fingerprint density at radius 1 is 0.407 bits per heavy atom. The average molecular weight is 763 g/mol. The van der Waals surface area contributed by atoms with Gasteiger partial charge < -0.3 is 24.0 Å². The van der Waals surface area contributed by atoms with Crippen molar-refractivity contribution in [3.8, 4) is 0 Å². The van der Waals surface area contributed by atoms with Gasteiger partial charge in [0.05, 0.1) is 19.7 Å². The molecule has 8 nitrogen and oxygen atoms in total. The lowest BCUT2D eigenvalue weighted by Gasteiger charge is -2.22. The molecule has 0 heterocycles. The molecule has 0 aromatic heterocycles. The Bertz CT molecular complexity index is 848. The van der Waals surface area contributed by atoms with E-state index in [0.29, 0.717) is 19.4 Å². The smallest absolute Gasteiger partial charge is 0.409 e. The van der Waals surface area contributed by atoms with Gasteiger partial charge in [-0.15, -0.1) is 0 Å². The van der Waals surface area contributed by atoms with Crippen molar-refractivity contribution < 1.29 is 28.6 Å². The van der Waals surface area contributed by atoms with Gasteiger partial charge in [0.15, 0.2) is 0 Å². The Balaban J connectivity index is 4.11. The van der Waals surface area contributed by atoms with Crippen molar-refractivity contribution in [3.63, 3.8) is 0 Å². The molecule has 0 aliphatic carbocycles. The molecule has 0 saturated carbocycles. The summed E-state index contributed by atoms with van der Waals surface area (Å²) < 4.78 is 16.4. The first-order valence-corrected chi connectivity index (χ1v) is 22.6. The van der Waals surface area contributed by atoms with E-state index >= 15 is 0 Å². The maximum Gasteiger partial charge on any atom is 0.409 e. The second-order valence-electron chi connectivity index (χ2n) is 15.4. The van der Waals surface area contributed by atoms with Crippen LogP contribution in [0.15, 0.2) is 24.3 Å². The van der Waals surface area contributed by atoms with Crippen LogP contribution in [-0.2, 0) is 23.8 Å². The molecule has 54 heavy (non-hydrogen) atoms. The summed E-state index contributed by atoms with van der Waals surface area (Å²) in [6.07, 6.45) is 41.9. The predicted molar refractivity (Wildman–Crippen MR) is 227 cm³/mol. The molecule has 0 unspecified atom stereocenters. The molecule has 0 aromatic rings. The first-order valence-electron chi connectivity index (χ1n) is 22.6. The quantitative estimate of drug-likeness (QED) is 0.0266. The molecule has 0 radical (unpaired) electrons. The number of carbonyl (C=O) groups excluding carboxylic acids is 3. The van der Waals surface area contributed by atoms with Gasteiger partial charge in [-0.05, 0) is 84.7 Å². The van der Waals surface area contributed by atoms with Crippen LogP contribution in [-0.4, -0.2) is 81.4 Å². The molecule has 8 heteroatoms. The molecule has 0 aliphatic heterocycles. The number of ether oxygens (including phenoxy) is 3. The zero-order chi connectivity index (χ0) is 39.6. The molecule has 0 spiro atoms. The average Bonchev–Trinajstić information content (AvgIpc) is 3.15. The Kier molecular flexibility index (Phi) is 40.0. The molecular weight excluding hydrogens is 677 g/mol. The van der Waals surface area contributed by atoms with Crippen molar-refractivity contribution in [2.75, 3.05) is 53.6 Å². The van der Waals surface area contributed by atoms with Crippen LogP contribution < -0.4 is 0 Å². The van der Waals surface area contributed by atoms with Gasteiger partial charge in [-0.1, -0.05) is 141 Å². The van der Waals surface area contributed by atoms with E-state index in [2.05, 4.69) is 38.2 Å². The summed E-state index contributed by atoms with van der Waals surface area (Å²) in [6.45, 7) is 6.24. The summed E-state index contributed by atoms with van der Waals surface area (Å²) in [5, 5.41) is 0. The highest BCUT2D eigenvalue weighted by molar-refractivity contribution is 5.70. The molecule has 0 rings (SSSR count). The Morgan fingerprint density at radius 2 is 0.759 bits per heavy atom. The van der Waals surface area contributed by atoms with Gasteiger partial charge in [0.1, 0.15) is 13.2 Å². The minimum Gasteiger partial charge on any atom is -0.464 e. The second kappa shape index (κ2) is 41.8. The van der Waals surface area contributed by atoms with E-state index in [1.807, 2.05) is 19.0 Å². The summed E-state index contributed by atoms with van der Waals surface area (Å²) in [6, 6.07) is 0. The van der Waals surface area contributed by atoms with E-state index < -0.39 is 6.09 Å². The number of nitrogens with zero attached hydrogens (tertiary/aromatic N) is 2. The van der Waals surface area contributed by atoms with Gasteiger partial charge in [0, 0.05) is 19.4 Å². The van der Waals surface area contributed by atoms with Gasteiger partial charge >= 0.3 is 18.0 Å². The Labute approximate surface area is 333 Å². The summed E-state index contributed by atoms with van der Waals surface area (Å²) in [4.78, 5) is 41.0. The van der Waals surface area contributed by atoms with Crippen molar-refractivity contribution in [3.05, 3.63) is 24.3 Å². The largest absolute Gasteiger partial charge is 0.464 e. The fourth-order valence-electron chi connectivity index (χ4n) is 6.29. The third-order valence-electron chi connectivity index (χ3n) is 9.77. The van der Waals surface area contributed by atoms with Crippen LogP contribution in [0.1, 0.15) is 200 Å². The molecule has 0 aliphatic rings. The van der Waals surface area contributed by atoms with Crippen LogP contribution >= 0.6 is 0 Å². The lowest BCUT2D eigenvalue weighted by atomic mass is 10.1. The van der Waals surface area contributed by atoms with Crippen LogP contribution in [0.25, 0.3) is 0 Å². The van der Waals surface area contributed by atoms with Gasteiger partial charge in [0.2, 0.25) is 0 Å². The highest BCUT2D eigenvalue weighted by atomic mass is 16.6. The molecule has 0 aromatic carbocycles. The Morgan fingerprint density at radius 3 is 1.13 bits per heavy atom. The predicted octanol–water partition coefficient (Wildman–Crippen LogP) is 12.5. The lowest BCUT2D eigenvalue weighted by Crippen LogP contribution is -2.38. The number of amides is 1. The summed E-state index contributed by atoms with van der Waals surface area (Å²) in [5.74, 6) is -0.475. The van der Waals surface area contributed by atoms with Crippen molar-refractivity contribution in [2.45, 2.75) is 200 Å². The Hall–Kier alpha value is -2.35. The number of allylic oxidation sites excluding steroid dienone is 4. The molecule has 0 fully saturated rings. The molecule has 1 amide bonds. The van der Waals surface area contributed by atoms with E-state index in [4.69, 9.17) is 14.2 Å². The summed E-state index contributed by atoms with van der Waals surface area (Å²) >= 11 is 0. The number of unbranched alkanes of at least 4 members (excludes halogenated alkanes) is 22. The van der Waals surface area contributed by atoms with Gasteiger partial charge in [0.25, 0.3) is 0 Å². The first kappa shape index (κ1) is 51.6. The normalized spacial score (nSPS) is 11.6. The topological polar surface area (TPSA) is 85.4 Å². The number of rotatable bonds is 40. The van der Waals surface area contributed by atoms with Crippen LogP contribution in [0.2, 0.25) is 0 Å². The molecular formula is C46H86N2O6. The standard InChI is InChI=1S/C46H86N2O6/c1-5-7-9-11-13-15-17-19-21-23-25-27-29-31-33-36-44(49)52-42-39-48(46(51)54-41-35-38-47(3)4)40-43-53-45(50)37-34-32-30-28-26-24-22-20-18-16-14-12-10-8-6-2/h19-22H,5-18,23-43H2,1-4H3. The first-order chi connectivity index (χ1) is 26.4. The minimum atomic E-state index is -0.477. The zero-order valence-electron chi connectivity index (χ0n) is 35.9. The van der Waals surface area contributed by atoms with E-state index in [9.17, 15) is 14.4 Å². The van der Waals surface area contributed by atoms with Crippen molar-refractivity contribution in [1.29, 1.82) is 0 Å². The molecule has 316 valence electrons. The van der Waals surface area contributed by atoms with Crippen molar-refractivity contribution in [1.82, 2.24) is 9.80 Å². The monoisotopic (exact) mass is 763 g/mol. The fraction of sp³-hybridized carbons (Fsp3) is 0.848. The van der Waals surface area contributed by atoms with E-state index in [0.717, 1.165) is 64.3 Å². The van der Waals surface area contributed by atoms with Crippen molar-refractivity contribution >= 4 is 18.0 Å². The van der Waals surface area contributed by atoms with Crippen LogP contribution in [0, 0.1) is 0 Å². The second-order valence-corrected chi connectivity index (χ2v) is 15.4. The highest BCUT2D eigenvalue weighted by Crippen LogP contribution is 2.12. The fourth-order valence-corrected chi connectivity index (χ4v) is 6.29. The summed E-state index contributed by atoms with van der Waals surface area (Å²) in [5.41, 5.74) is 0. The maximum atomic E-state index is 12.8. The van der Waals surface area contributed by atoms with E-state index in [1.54, 1.807) is 0 Å². The highest BCUT2D eigenvalue weighted by Gasteiger charge is 2.17. The lowest BCUT2D eigenvalue weighted by molar-refractivity contribution is -0.144. The molecule has 0 N–H and O–H groups in total. The third kappa shape index (κ3) is 39.3. The van der Waals surface area contributed by atoms with Gasteiger partial charge in [-0.25, -0.2) is 4.79 Å². The third-order valence-corrected chi connectivity index (χ3v) is 9.77. The molecule has 0 atom stereocenters. The van der Waals surface area contributed by atoms with Gasteiger partial charge in [-0.2, -0.15) is 0 Å². The van der Waals surface area contributed by atoms with Crippen LogP contribution in [0.5, 0.6) is 0 Å². The summed E-state index contributed by atoms with van der Waals surface area (Å²) in [7, 11) is 3.95. The molecule has 0 saturated heterocycles. The number of esters is 2. The van der Waals surface area contributed by atoms with Crippen LogP contribution in [0.3, 0.4) is 0 Å². The maximum absolute atomic E-state index is 12.8. The number of hydrogen-bond donors (Lipinski definition) is 0. The van der Waals surface area contributed by atoms with E-state index in [-0.39, 0.29) is 38.2 Å². The van der Waals surface area contributed by atoms with Gasteiger partial charge in [-0.3, -0.25) is 9.59 Å². The zero-order valence-corrected chi connectivity index (χ0v) is 35.9. The molecule has 0 bridgehead atoms. The van der Waals surface area contributed by atoms with Crippen molar-refractivity contribution in [2.24, 2.45) is 0 Å². The van der Waals surface area contributed by atoms with Crippen LogP contribution in [0.4, 0.5) is 4.79 Å². The number of hydrogen-bond acceptors (Lipinski definition) is 7.